The second-order valence-electron chi connectivity index (χ2n) is 5.25. The third-order valence-electron chi connectivity index (χ3n) is 3.54. The summed E-state index contributed by atoms with van der Waals surface area (Å²) < 4.78 is 10.7. The normalized spacial score (nSPS) is 10.9. The van der Waals surface area contributed by atoms with Crippen LogP contribution in [0.4, 0.5) is 0 Å². The molecule has 2 aromatic heterocycles. The molecule has 8 heteroatoms. The lowest BCUT2D eigenvalue weighted by atomic mass is 10.2. The van der Waals surface area contributed by atoms with E-state index in [9.17, 15) is 0 Å². The van der Waals surface area contributed by atoms with E-state index < -0.39 is 0 Å². The Bertz CT molecular complexity index is 833. The van der Waals surface area contributed by atoms with Crippen molar-refractivity contribution in [2.24, 2.45) is 4.99 Å². The molecule has 0 saturated carbocycles. The Labute approximate surface area is 173 Å². The van der Waals surface area contributed by atoms with Crippen LogP contribution in [-0.2, 0) is 13.1 Å². The molecule has 0 fully saturated rings. The van der Waals surface area contributed by atoms with E-state index >= 15 is 0 Å². The SMILES string of the molecule is CN=C(NCc1cccc(OC)c1)NCc1coc(-c2cccs2)n1.I. The number of guanidine groups is 1. The second kappa shape index (κ2) is 10.2. The summed E-state index contributed by atoms with van der Waals surface area (Å²) >= 11 is 1.60. The summed E-state index contributed by atoms with van der Waals surface area (Å²) in [6.45, 7) is 1.18. The van der Waals surface area contributed by atoms with Gasteiger partial charge >= 0.3 is 0 Å². The minimum atomic E-state index is 0. The van der Waals surface area contributed by atoms with Crippen LogP contribution in [0.3, 0.4) is 0 Å². The average molecular weight is 484 g/mol. The molecule has 6 nitrogen and oxygen atoms in total. The van der Waals surface area contributed by atoms with E-state index in [-0.39, 0.29) is 24.0 Å². The summed E-state index contributed by atoms with van der Waals surface area (Å²) in [4.78, 5) is 9.73. The van der Waals surface area contributed by atoms with Gasteiger partial charge in [0.05, 0.1) is 24.2 Å². The second-order valence-corrected chi connectivity index (χ2v) is 6.20. The topological polar surface area (TPSA) is 71.7 Å². The summed E-state index contributed by atoms with van der Waals surface area (Å²) in [5.74, 6) is 2.18. The summed E-state index contributed by atoms with van der Waals surface area (Å²) in [7, 11) is 3.40. The van der Waals surface area contributed by atoms with Crippen LogP contribution in [0.15, 0.2) is 57.5 Å². The maximum Gasteiger partial charge on any atom is 0.236 e. The molecule has 0 aliphatic carbocycles. The van der Waals surface area contributed by atoms with E-state index in [0.717, 1.165) is 21.9 Å². The van der Waals surface area contributed by atoms with Crippen LogP contribution in [0.25, 0.3) is 10.8 Å². The molecular formula is C18H21IN4O2S. The van der Waals surface area contributed by atoms with Gasteiger partial charge in [-0.05, 0) is 29.1 Å². The maximum absolute atomic E-state index is 5.51. The number of aliphatic imine (C=N–C) groups is 1. The fraction of sp³-hybridized carbons (Fsp3) is 0.222. The predicted molar refractivity (Wildman–Crippen MR) is 115 cm³/mol. The van der Waals surface area contributed by atoms with Crippen LogP contribution < -0.4 is 15.4 Å². The third-order valence-corrected chi connectivity index (χ3v) is 4.40. The number of methoxy groups -OCH3 is 1. The number of rotatable bonds is 6. The van der Waals surface area contributed by atoms with Gasteiger partial charge in [0, 0.05) is 13.6 Å². The highest BCUT2D eigenvalue weighted by Gasteiger charge is 2.08. The lowest BCUT2D eigenvalue weighted by molar-refractivity contribution is 0.414. The fourth-order valence-electron chi connectivity index (χ4n) is 2.26. The van der Waals surface area contributed by atoms with E-state index in [1.165, 1.54) is 0 Å². The van der Waals surface area contributed by atoms with Gasteiger partial charge in [0.25, 0.3) is 0 Å². The molecule has 3 aromatic rings. The van der Waals surface area contributed by atoms with E-state index in [1.54, 1.807) is 31.8 Å². The smallest absolute Gasteiger partial charge is 0.236 e. The molecule has 0 bridgehead atoms. The summed E-state index contributed by atoms with van der Waals surface area (Å²) in [6.07, 6.45) is 1.66. The van der Waals surface area contributed by atoms with E-state index in [1.807, 2.05) is 41.8 Å². The van der Waals surface area contributed by atoms with Crippen molar-refractivity contribution in [2.45, 2.75) is 13.1 Å². The van der Waals surface area contributed by atoms with E-state index in [2.05, 4.69) is 20.6 Å². The van der Waals surface area contributed by atoms with Crippen LogP contribution in [0.1, 0.15) is 11.3 Å². The van der Waals surface area contributed by atoms with Gasteiger partial charge in [0.15, 0.2) is 5.96 Å². The molecule has 3 rings (SSSR count). The molecule has 0 unspecified atom stereocenters. The molecule has 0 aliphatic heterocycles. The average Bonchev–Trinajstić information content (AvgIpc) is 3.33. The van der Waals surface area contributed by atoms with Gasteiger partial charge in [-0.2, -0.15) is 0 Å². The Balaban J connectivity index is 0.00000243. The van der Waals surface area contributed by atoms with Crippen molar-refractivity contribution in [3.63, 3.8) is 0 Å². The van der Waals surface area contributed by atoms with E-state index in [4.69, 9.17) is 9.15 Å². The van der Waals surface area contributed by atoms with Crippen LogP contribution in [-0.4, -0.2) is 25.1 Å². The summed E-state index contributed by atoms with van der Waals surface area (Å²) in [6, 6.07) is 11.9. The van der Waals surface area contributed by atoms with Gasteiger partial charge in [-0.1, -0.05) is 18.2 Å². The lowest BCUT2D eigenvalue weighted by Crippen LogP contribution is -2.36. The first-order valence-corrected chi connectivity index (χ1v) is 8.72. The number of hydrogen-bond acceptors (Lipinski definition) is 5. The number of nitrogens with one attached hydrogen (secondary N) is 2. The zero-order valence-electron chi connectivity index (χ0n) is 14.6. The number of thiophene rings is 1. The highest BCUT2D eigenvalue weighted by atomic mass is 127. The number of aromatic nitrogens is 1. The Morgan fingerprint density at radius 2 is 2.08 bits per heavy atom. The zero-order valence-corrected chi connectivity index (χ0v) is 17.7. The first-order chi connectivity index (χ1) is 12.3. The molecule has 0 saturated heterocycles. The quantitative estimate of drug-likeness (QED) is 0.316. The number of nitrogens with zero attached hydrogens (tertiary/aromatic N) is 2. The monoisotopic (exact) mass is 484 g/mol. The molecule has 0 radical (unpaired) electrons. The fourth-order valence-corrected chi connectivity index (χ4v) is 2.92. The van der Waals surface area contributed by atoms with Crippen molar-refractivity contribution in [1.29, 1.82) is 0 Å². The van der Waals surface area contributed by atoms with Crippen molar-refractivity contribution in [1.82, 2.24) is 15.6 Å². The maximum atomic E-state index is 5.51. The number of hydrogen-bond donors (Lipinski definition) is 2. The van der Waals surface area contributed by atoms with Crippen molar-refractivity contribution in [3.05, 3.63) is 59.3 Å². The van der Waals surface area contributed by atoms with Crippen LogP contribution in [0.2, 0.25) is 0 Å². The van der Waals surface area contributed by atoms with Gasteiger partial charge in [-0.3, -0.25) is 4.99 Å². The molecule has 2 N–H and O–H groups in total. The Morgan fingerprint density at radius 3 is 2.81 bits per heavy atom. The molecule has 0 aliphatic rings. The van der Waals surface area contributed by atoms with Gasteiger partial charge < -0.3 is 19.8 Å². The van der Waals surface area contributed by atoms with E-state index in [0.29, 0.717) is 24.9 Å². The highest BCUT2D eigenvalue weighted by Crippen LogP contribution is 2.23. The molecule has 0 atom stereocenters. The first kappa shape index (κ1) is 20.2. The van der Waals surface area contributed by atoms with Gasteiger partial charge in [0.2, 0.25) is 5.89 Å². The van der Waals surface area contributed by atoms with Crippen molar-refractivity contribution in [2.75, 3.05) is 14.2 Å². The van der Waals surface area contributed by atoms with Gasteiger partial charge in [0.1, 0.15) is 12.0 Å². The first-order valence-electron chi connectivity index (χ1n) is 7.84. The van der Waals surface area contributed by atoms with Crippen LogP contribution in [0, 0.1) is 0 Å². The molecule has 2 heterocycles. The van der Waals surface area contributed by atoms with Gasteiger partial charge in [-0.25, -0.2) is 4.98 Å². The summed E-state index contributed by atoms with van der Waals surface area (Å²) in [5.41, 5.74) is 1.94. The minimum Gasteiger partial charge on any atom is -0.497 e. The minimum absolute atomic E-state index is 0. The molecule has 0 amide bonds. The van der Waals surface area contributed by atoms with Crippen molar-refractivity contribution >= 4 is 41.3 Å². The Morgan fingerprint density at radius 1 is 1.23 bits per heavy atom. The molecule has 0 spiro atoms. The van der Waals surface area contributed by atoms with Gasteiger partial charge in [-0.15, -0.1) is 35.3 Å². The highest BCUT2D eigenvalue weighted by molar-refractivity contribution is 14.0. The molecule has 1 aromatic carbocycles. The van der Waals surface area contributed by atoms with Crippen molar-refractivity contribution < 1.29 is 9.15 Å². The lowest BCUT2D eigenvalue weighted by Gasteiger charge is -2.11. The number of oxazole rings is 1. The number of ether oxygens (including phenoxy) is 1. The molecular weight excluding hydrogens is 463 g/mol. The molecule has 26 heavy (non-hydrogen) atoms. The number of benzene rings is 1. The molecule has 138 valence electrons. The zero-order chi connectivity index (χ0) is 17.5. The standard InChI is InChI=1S/C18H20N4O2S.HI/c1-19-18(20-10-13-5-3-6-15(9-13)23-2)21-11-14-12-24-17(22-14)16-7-4-8-25-16;/h3-9,12H,10-11H2,1-2H3,(H2,19,20,21);1H. The largest absolute Gasteiger partial charge is 0.497 e. The summed E-state index contributed by atoms with van der Waals surface area (Å²) in [5, 5.41) is 8.50. The Kier molecular flexibility index (Phi) is 7.92. The van der Waals surface area contributed by atoms with Crippen LogP contribution in [0.5, 0.6) is 5.75 Å². The third kappa shape index (κ3) is 5.46. The van der Waals surface area contributed by atoms with Crippen LogP contribution >= 0.6 is 35.3 Å². The number of halogens is 1. The Hall–Kier alpha value is -2.07. The predicted octanol–water partition coefficient (Wildman–Crippen LogP) is 3.89. The van der Waals surface area contributed by atoms with Crippen molar-refractivity contribution in [3.8, 4) is 16.5 Å².